The van der Waals surface area contributed by atoms with Crippen molar-refractivity contribution in [3.63, 3.8) is 0 Å². The lowest BCUT2D eigenvalue weighted by Gasteiger charge is -2.27. The van der Waals surface area contributed by atoms with Crippen molar-refractivity contribution in [1.29, 1.82) is 0 Å². The maximum atomic E-state index is 4.61. The number of nitrogens with zero attached hydrogens (tertiary/aromatic N) is 2. The minimum Gasteiger partial charge on any atom is -0.343 e. The number of aromatic nitrogens is 2. The van der Waals surface area contributed by atoms with Crippen LogP contribution in [0.1, 0.15) is 5.82 Å². The van der Waals surface area contributed by atoms with Crippen LogP contribution in [0.2, 0.25) is 0 Å². The van der Waals surface area contributed by atoms with E-state index in [2.05, 4.69) is 25.3 Å². The fraction of sp³-hybridized carbons (Fsp3) is 0.714. The van der Waals surface area contributed by atoms with Crippen molar-refractivity contribution in [1.82, 2.24) is 20.8 Å². The molecule has 1 aliphatic heterocycles. The van der Waals surface area contributed by atoms with Gasteiger partial charge in [0, 0.05) is 32.1 Å². The van der Waals surface area contributed by atoms with Gasteiger partial charge in [0.2, 0.25) is 6.39 Å². The van der Waals surface area contributed by atoms with Gasteiger partial charge >= 0.3 is 0 Å². The summed E-state index contributed by atoms with van der Waals surface area (Å²) in [6.45, 7) is 3.07. The van der Waals surface area contributed by atoms with Gasteiger partial charge in [0.15, 0.2) is 5.82 Å². The topological polar surface area (TPSA) is 63.0 Å². The minimum absolute atomic E-state index is 0.636. The Bertz CT molecular complexity index is 219. The summed E-state index contributed by atoms with van der Waals surface area (Å²) < 4.78 is 4.61. The maximum absolute atomic E-state index is 4.61. The highest BCUT2D eigenvalue weighted by molar-refractivity contribution is 4.84. The molecule has 0 saturated carbocycles. The minimum atomic E-state index is 0.636. The predicted molar refractivity (Wildman–Crippen MR) is 42.7 cm³/mol. The molecule has 0 atom stereocenters. The van der Waals surface area contributed by atoms with E-state index in [-0.39, 0.29) is 0 Å². The molecule has 1 aromatic rings. The lowest BCUT2D eigenvalue weighted by molar-refractivity contribution is 0.365. The summed E-state index contributed by atoms with van der Waals surface area (Å²) in [5, 5.41) is 10.3. The van der Waals surface area contributed by atoms with Gasteiger partial charge in [0.05, 0.1) is 0 Å². The monoisotopic (exact) mass is 168 g/mol. The van der Waals surface area contributed by atoms with Crippen LogP contribution in [-0.4, -0.2) is 35.8 Å². The Morgan fingerprint density at radius 3 is 3.17 bits per heavy atom. The van der Waals surface area contributed by atoms with E-state index in [1.807, 2.05) is 0 Å². The van der Waals surface area contributed by atoms with E-state index in [0.29, 0.717) is 6.04 Å². The van der Waals surface area contributed by atoms with Crippen LogP contribution in [0, 0.1) is 0 Å². The zero-order chi connectivity index (χ0) is 8.23. The fourth-order valence-corrected chi connectivity index (χ4v) is 1.12. The first-order valence-corrected chi connectivity index (χ1v) is 4.14. The molecular weight excluding hydrogens is 156 g/mol. The molecule has 1 saturated heterocycles. The average molecular weight is 168 g/mol. The van der Waals surface area contributed by atoms with Crippen LogP contribution in [0.25, 0.3) is 0 Å². The third-order valence-electron chi connectivity index (χ3n) is 1.97. The quantitative estimate of drug-likeness (QED) is 0.614. The molecule has 2 N–H and O–H groups in total. The summed E-state index contributed by atoms with van der Waals surface area (Å²) in [6.07, 6.45) is 2.20. The molecule has 0 amide bonds. The van der Waals surface area contributed by atoms with E-state index >= 15 is 0 Å². The molecule has 2 rings (SSSR count). The lowest BCUT2D eigenvalue weighted by atomic mass is 10.2. The molecule has 2 heterocycles. The number of hydrogen-bond acceptors (Lipinski definition) is 5. The Hall–Kier alpha value is -0.940. The van der Waals surface area contributed by atoms with Gasteiger partial charge in [0.25, 0.3) is 0 Å². The third kappa shape index (κ3) is 1.80. The van der Waals surface area contributed by atoms with Crippen LogP contribution in [0.3, 0.4) is 0 Å². The third-order valence-corrected chi connectivity index (χ3v) is 1.97. The fourth-order valence-electron chi connectivity index (χ4n) is 1.12. The smallest absolute Gasteiger partial charge is 0.213 e. The van der Waals surface area contributed by atoms with E-state index in [9.17, 15) is 0 Å². The van der Waals surface area contributed by atoms with Crippen LogP contribution in [0.5, 0.6) is 0 Å². The van der Waals surface area contributed by atoms with Crippen LogP contribution in [-0.2, 0) is 6.42 Å². The van der Waals surface area contributed by atoms with Gasteiger partial charge in [-0.1, -0.05) is 5.16 Å². The highest BCUT2D eigenvalue weighted by atomic mass is 16.5. The molecule has 0 unspecified atom stereocenters. The first kappa shape index (κ1) is 7.70. The van der Waals surface area contributed by atoms with E-state index in [1.54, 1.807) is 0 Å². The molecule has 0 spiro atoms. The van der Waals surface area contributed by atoms with E-state index in [0.717, 1.165) is 31.9 Å². The SMILES string of the molecule is c1nc(CCNC2CNC2)no1. The zero-order valence-corrected chi connectivity index (χ0v) is 6.79. The molecule has 1 fully saturated rings. The highest BCUT2D eigenvalue weighted by Crippen LogP contribution is 1.92. The van der Waals surface area contributed by atoms with Crippen LogP contribution >= 0.6 is 0 Å². The highest BCUT2D eigenvalue weighted by Gasteiger charge is 2.14. The van der Waals surface area contributed by atoms with E-state index in [4.69, 9.17) is 0 Å². The Morgan fingerprint density at radius 2 is 2.58 bits per heavy atom. The van der Waals surface area contributed by atoms with Crippen molar-refractivity contribution in [2.24, 2.45) is 0 Å². The van der Waals surface area contributed by atoms with Gasteiger partial charge in [-0.15, -0.1) is 0 Å². The molecular formula is C7H12N4O. The maximum Gasteiger partial charge on any atom is 0.213 e. The Morgan fingerprint density at radius 1 is 1.67 bits per heavy atom. The summed E-state index contributed by atoms with van der Waals surface area (Å²) in [6, 6.07) is 0.636. The largest absolute Gasteiger partial charge is 0.343 e. The molecule has 5 nitrogen and oxygen atoms in total. The number of hydrogen-bond donors (Lipinski definition) is 2. The molecule has 5 heteroatoms. The van der Waals surface area contributed by atoms with Gasteiger partial charge in [-0.25, -0.2) is 0 Å². The Labute approximate surface area is 70.5 Å². The molecule has 1 aromatic heterocycles. The van der Waals surface area contributed by atoms with Gasteiger partial charge in [-0.05, 0) is 0 Å². The summed E-state index contributed by atoms with van der Waals surface area (Å²) in [4.78, 5) is 3.92. The summed E-state index contributed by atoms with van der Waals surface area (Å²) >= 11 is 0. The van der Waals surface area contributed by atoms with Crippen molar-refractivity contribution >= 4 is 0 Å². The molecule has 66 valence electrons. The lowest BCUT2D eigenvalue weighted by Crippen LogP contribution is -2.55. The van der Waals surface area contributed by atoms with Crippen molar-refractivity contribution in [2.75, 3.05) is 19.6 Å². The van der Waals surface area contributed by atoms with Crippen molar-refractivity contribution in [2.45, 2.75) is 12.5 Å². The molecule has 1 aliphatic rings. The first-order valence-electron chi connectivity index (χ1n) is 4.14. The van der Waals surface area contributed by atoms with Crippen molar-refractivity contribution in [3.05, 3.63) is 12.2 Å². The average Bonchev–Trinajstić information content (AvgIpc) is 2.46. The standard InChI is InChI=1S/C7H12N4O/c1(7-10-5-12-11-7)2-9-6-3-8-4-6/h5-6,8-9H,1-4H2. The summed E-state index contributed by atoms with van der Waals surface area (Å²) in [5.41, 5.74) is 0. The first-order chi connectivity index (χ1) is 5.95. The molecule has 0 aromatic carbocycles. The van der Waals surface area contributed by atoms with Crippen LogP contribution in [0.15, 0.2) is 10.9 Å². The predicted octanol–water partition coefficient (Wildman–Crippen LogP) is -0.827. The second kappa shape index (κ2) is 3.64. The van der Waals surface area contributed by atoms with Gasteiger partial charge < -0.3 is 15.2 Å². The Balaban J connectivity index is 1.62. The second-order valence-electron chi connectivity index (χ2n) is 2.91. The van der Waals surface area contributed by atoms with E-state index < -0.39 is 0 Å². The summed E-state index contributed by atoms with van der Waals surface area (Å²) in [7, 11) is 0. The zero-order valence-electron chi connectivity index (χ0n) is 6.79. The van der Waals surface area contributed by atoms with Crippen molar-refractivity contribution in [3.8, 4) is 0 Å². The van der Waals surface area contributed by atoms with Gasteiger partial charge in [0.1, 0.15) is 0 Å². The van der Waals surface area contributed by atoms with Crippen LogP contribution in [0.4, 0.5) is 0 Å². The Kier molecular flexibility index (Phi) is 2.33. The van der Waals surface area contributed by atoms with Gasteiger partial charge in [-0.2, -0.15) is 4.98 Å². The normalized spacial score (nSPS) is 17.7. The van der Waals surface area contributed by atoms with Gasteiger partial charge in [-0.3, -0.25) is 0 Å². The molecule has 0 aliphatic carbocycles. The summed E-state index contributed by atoms with van der Waals surface area (Å²) in [5.74, 6) is 0.773. The molecule has 0 bridgehead atoms. The van der Waals surface area contributed by atoms with E-state index in [1.165, 1.54) is 6.39 Å². The number of nitrogens with one attached hydrogen (secondary N) is 2. The number of rotatable bonds is 4. The second-order valence-corrected chi connectivity index (χ2v) is 2.91. The molecule has 0 radical (unpaired) electrons. The van der Waals surface area contributed by atoms with Crippen molar-refractivity contribution < 1.29 is 4.52 Å². The molecule has 12 heavy (non-hydrogen) atoms. The van der Waals surface area contributed by atoms with Crippen LogP contribution < -0.4 is 10.6 Å².